The average Bonchev–Trinajstić information content (AvgIpc) is 3.38. The molecule has 1 aromatic heterocycles. The second-order valence-corrected chi connectivity index (χ2v) is 8.74. The van der Waals surface area contributed by atoms with Crippen molar-refractivity contribution in [2.75, 3.05) is 25.7 Å². The molecule has 0 saturated carbocycles. The van der Waals surface area contributed by atoms with Gasteiger partial charge in [0.15, 0.2) is 11.5 Å². The summed E-state index contributed by atoms with van der Waals surface area (Å²) in [6.45, 7) is 0.736. The fourth-order valence-corrected chi connectivity index (χ4v) is 5.04. The Labute approximate surface area is 197 Å². The van der Waals surface area contributed by atoms with Gasteiger partial charge in [-0.25, -0.2) is 4.98 Å². The fraction of sp³-hybridized carbons (Fsp3) is 0.185. The Morgan fingerprint density at radius 1 is 0.939 bits per heavy atom. The summed E-state index contributed by atoms with van der Waals surface area (Å²) in [6.07, 6.45) is 1.90. The standard InChI is InChI=1S/C27H24N2O3S/c1-31-24-13-11-21(16-25(24)32-2)26-28-22(17-33-26)19-10-12-23-20(15-19)9-6-14-29(23)27(30)18-7-4-3-5-8-18/h3-5,7-8,10-13,15-17H,6,9,14H2,1-2H3. The van der Waals surface area contributed by atoms with Gasteiger partial charge in [0.2, 0.25) is 0 Å². The van der Waals surface area contributed by atoms with E-state index < -0.39 is 0 Å². The van der Waals surface area contributed by atoms with Crippen LogP contribution < -0.4 is 14.4 Å². The second kappa shape index (κ2) is 9.08. The van der Waals surface area contributed by atoms with Crippen molar-refractivity contribution >= 4 is 22.9 Å². The molecule has 0 radical (unpaired) electrons. The van der Waals surface area contributed by atoms with Gasteiger partial charge in [-0.05, 0) is 60.9 Å². The number of carbonyl (C=O) groups is 1. The van der Waals surface area contributed by atoms with E-state index in [-0.39, 0.29) is 5.91 Å². The van der Waals surface area contributed by atoms with Gasteiger partial charge in [-0.2, -0.15) is 0 Å². The van der Waals surface area contributed by atoms with Gasteiger partial charge in [0, 0.05) is 34.3 Å². The molecule has 0 aliphatic carbocycles. The zero-order valence-corrected chi connectivity index (χ0v) is 19.4. The molecule has 4 aromatic rings. The van der Waals surface area contributed by atoms with Crippen molar-refractivity contribution in [3.05, 3.63) is 83.2 Å². The molecule has 0 unspecified atom stereocenters. The number of rotatable bonds is 5. The topological polar surface area (TPSA) is 51.7 Å². The first kappa shape index (κ1) is 21.2. The Morgan fingerprint density at radius 2 is 1.73 bits per heavy atom. The number of hydrogen-bond acceptors (Lipinski definition) is 5. The highest BCUT2D eigenvalue weighted by Gasteiger charge is 2.24. The van der Waals surface area contributed by atoms with Crippen molar-refractivity contribution in [2.45, 2.75) is 12.8 Å². The van der Waals surface area contributed by atoms with Crippen molar-refractivity contribution in [3.63, 3.8) is 0 Å². The lowest BCUT2D eigenvalue weighted by Gasteiger charge is -2.30. The molecule has 6 heteroatoms. The van der Waals surface area contributed by atoms with Crippen LogP contribution in [0.3, 0.4) is 0 Å². The lowest BCUT2D eigenvalue weighted by Crippen LogP contribution is -2.35. The Hall–Kier alpha value is -3.64. The third kappa shape index (κ3) is 4.10. The number of amides is 1. The quantitative estimate of drug-likeness (QED) is 0.365. The van der Waals surface area contributed by atoms with E-state index in [2.05, 4.69) is 23.6 Å². The van der Waals surface area contributed by atoms with Crippen molar-refractivity contribution < 1.29 is 14.3 Å². The monoisotopic (exact) mass is 456 g/mol. The van der Waals surface area contributed by atoms with Gasteiger partial charge in [0.25, 0.3) is 5.91 Å². The van der Waals surface area contributed by atoms with Crippen LogP contribution >= 0.6 is 11.3 Å². The van der Waals surface area contributed by atoms with Crippen LogP contribution in [0.1, 0.15) is 22.3 Å². The number of benzene rings is 3. The largest absolute Gasteiger partial charge is 0.493 e. The molecule has 3 aromatic carbocycles. The van der Waals surface area contributed by atoms with Crippen molar-refractivity contribution in [3.8, 4) is 33.3 Å². The molecule has 0 fully saturated rings. The number of anilines is 1. The predicted molar refractivity (Wildman–Crippen MR) is 133 cm³/mol. The molecular weight excluding hydrogens is 432 g/mol. The van der Waals surface area contributed by atoms with E-state index in [1.807, 2.05) is 53.4 Å². The molecule has 0 spiro atoms. The van der Waals surface area contributed by atoms with Crippen molar-refractivity contribution in [1.29, 1.82) is 0 Å². The third-order valence-electron chi connectivity index (χ3n) is 5.89. The highest BCUT2D eigenvalue weighted by molar-refractivity contribution is 7.13. The maximum Gasteiger partial charge on any atom is 0.258 e. The SMILES string of the molecule is COc1ccc(-c2nc(-c3ccc4c(c3)CCCN4C(=O)c3ccccc3)cs2)cc1OC. The lowest BCUT2D eigenvalue weighted by atomic mass is 9.97. The molecule has 5 rings (SSSR count). The van der Waals surface area contributed by atoms with E-state index in [1.165, 1.54) is 5.56 Å². The highest BCUT2D eigenvalue weighted by Crippen LogP contribution is 2.37. The minimum Gasteiger partial charge on any atom is -0.493 e. The predicted octanol–water partition coefficient (Wildman–Crippen LogP) is 6.09. The first-order valence-corrected chi connectivity index (χ1v) is 11.7. The van der Waals surface area contributed by atoms with Crippen molar-refractivity contribution in [2.24, 2.45) is 0 Å². The Kier molecular flexibility index (Phi) is 5.84. The number of nitrogens with zero attached hydrogens (tertiary/aromatic N) is 2. The molecule has 0 atom stereocenters. The summed E-state index contributed by atoms with van der Waals surface area (Å²) < 4.78 is 10.8. The first-order chi connectivity index (χ1) is 16.2. The van der Waals surface area contributed by atoms with Gasteiger partial charge in [-0.3, -0.25) is 4.79 Å². The van der Waals surface area contributed by atoms with Crippen LogP contribution in [0.2, 0.25) is 0 Å². The molecule has 1 aliphatic rings. The Balaban J connectivity index is 1.43. The van der Waals surface area contributed by atoms with Gasteiger partial charge in [0.1, 0.15) is 5.01 Å². The van der Waals surface area contributed by atoms with Gasteiger partial charge in [0.05, 0.1) is 19.9 Å². The minimum atomic E-state index is 0.0497. The van der Waals surface area contributed by atoms with E-state index >= 15 is 0 Å². The average molecular weight is 457 g/mol. The molecule has 5 nitrogen and oxygen atoms in total. The summed E-state index contributed by atoms with van der Waals surface area (Å²) in [5.74, 6) is 1.43. The van der Waals surface area contributed by atoms with Gasteiger partial charge in [-0.1, -0.05) is 24.3 Å². The fourth-order valence-electron chi connectivity index (χ4n) is 4.21. The van der Waals surface area contributed by atoms with Gasteiger partial charge >= 0.3 is 0 Å². The second-order valence-electron chi connectivity index (χ2n) is 7.88. The molecule has 0 bridgehead atoms. The normalized spacial score (nSPS) is 12.8. The first-order valence-electron chi connectivity index (χ1n) is 10.9. The number of hydrogen-bond donors (Lipinski definition) is 0. The zero-order valence-electron chi connectivity index (χ0n) is 18.6. The summed E-state index contributed by atoms with van der Waals surface area (Å²) in [5, 5.41) is 2.99. The summed E-state index contributed by atoms with van der Waals surface area (Å²) >= 11 is 1.60. The molecule has 166 valence electrons. The molecule has 0 saturated heterocycles. The smallest absolute Gasteiger partial charge is 0.258 e. The number of carbonyl (C=O) groups excluding carboxylic acids is 1. The summed E-state index contributed by atoms with van der Waals surface area (Å²) in [6, 6.07) is 21.6. The number of ether oxygens (including phenoxy) is 2. The van der Waals surface area contributed by atoms with Crippen LogP contribution in [-0.4, -0.2) is 31.7 Å². The molecule has 0 N–H and O–H groups in total. The molecule has 1 amide bonds. The zero-order chi connectivity index (χ0) is 22.8. The Morgan fingerprint density at radius 3 is 2.52 bits per heavy atom. The van der Waals surface area contributed by atoms with Crippen LogP contribution in [0.15, 0.2) is 72.1 Å². The number of fused-ring (bicyclic) bond motifs is 1. The number of thiazole rings is 1. The van der Waals surface area contributed by atoms with Crippen LogP contribution in [0.4, 0.5) is 5.69 Å². The lowest BCUT2D eigenvalue weighted by molar-refractivity contribution is 0.0985. The summed E-state index contributed by atoms with van der Waals surface area (Å²) in [4.78, 5) is 19.8. The minimum absolute atomic E-state index is 0.0497. The van der Waals surface area contributed by atoms with E-state index in [1.54, 1.807) is 25.6 Å². The van der Waals surface area contributed by atoms with Crippen LogP contribution in [0.25, 0.3) is 21.8 Å². The van der Waals surface area contributed by atoms with Gasteiger partial charge < -0.3 is 14.4 Å². The summed E-state index contributed by atoms with van der Waals surface area (Å²) in [7, 11) is 3.26. The molecule has 2 heterocycles. The van der Waals surface area contributed by atoms with Gasteiger partial charge in [-0.15, -0.1) is 11.3 Å². The van der Waals surface area contributed by atoms with E-state index in [9.17, 15) is 4.79 Å². The molecule has 1 aliphatic heterocycles. The number of methoxy groups -OCH3 is 2. The van der Waals surface area contributed by atoms with Crippen LogP contribution in [0, 0.1) is 0 Å². The van der Waals surface area contributed by atoms with E-state index in [4.69, 9.17) is 14.5 Å². The molecule has 33 heavy (non-hydrogen) atoms. The van der Waals surface area contributed by atoms with E-state index in [0.29, 0.717) is 17.1 Å². The molecular formula is C27H24N2O3S. The Bertz CT molecular complexity index is 1300. The maximum atomic E-state index is 13.1. The van der Waals surface area contributed by atoms with Crippen LogP contribution in [0.5, 0.6) is 11.5 Å². The summed E-state index contributed by atoms with van der Waals surface area (Å²) in [5.41, 5.74) is 5.87. The number of aromatic nitrogens is 1. The maximum absolute atomic E-state index is 13.1. The third-order valence-corrected chi connectivity index (χ3v) is 6.79. The number of aryl methyl sites for hydroxylation is 1. The highest BCUT2D eigenvalue weighted by atomic mass is 32.1. The van der Waals surface area contributed by atoms with E-state index in [0.717, 1.165) is 46.9 Å². The van der Waals surface area contributed by atoms with Crippen LogP contribution in [-0.2, 0) is 6.42 Å². The van der Waals surface area contributed by atoms with Crippen molar-refractivity contribution in [1.82, 2.24) is 4.98 Å².